The van der Waals surface area contributed by atoms with Gasteiger partial charge in [-0.25, -0.2) is 0 Å². The molecule has 8 heteroatoms. The van der Waals surface area contributed by atoms with Crippen LogP contribution in [-0.2, 0) is 17.8 Å². The maximum atomic E-state index is 13.6. The summed E-state index contributed by atoms with van der Waals surface area (Å²) in [6, 6.07) is 21.9. The lowest BCUT2D eigenvalue weighted by Crippen LogP contribution is -2.29. The first kappa shape index (κ1) is 25.2. The van der Waals surface area contributed by atoms with Crippen LogP contribution < -0.4 is 11.5 Å². The molecule has 186 valence electrons. The van der Waals surface area contributed by atoms with Crippen molar-refractivity contribution in [3.8, 4) is 11.1 Å². The molecule has 0 radical (unpaired) electrons. The molecule has 0 fully saturated rings. The molecular formula is C28H22F6N2. The van der Waals surface area contributed by atoms with Crippen molar-refractivity contribution in [3.05, 3.63) is 119 Å². The molecule has 0 aliphatic heterocycles. The minimum Gasteiger partial charge on any atom is -0.398 e. The van der Waals surface area contributed by atoms with Crippen molar-refractivity contribution in [1.82, 2.24) is 0 Å². The van der Waals surface area contributed by atoms with E-state index in [1.54, 1.807) is 24.3 Å². The first-order valence-electron chi connectivity index (χ1n) is 10.9. The molecule has 4 aromatic carbocycles. The summed E-state index contributed by atoms with van der Waals surface area (Å²) in [7, 11) is 0. The van der Waals surface area contributed by atoms with Crippen LogP contribution in [-0.4, -0.2) is 0 Å². The first-order valence-corrected chi connectivity index (χ1v) is 10.9. The fourth-order valence-electron chi connectivity index (χ4n) is 4.41. The Labute approximate surface area is 204 Å². The zero-order valence-corrected chi connectivity index (χ0v) is 19.1. The highest BCUT2D eigenvalue weighted by Crippen LogP contribution is 2.47. The highest BCUT2D eigenvalue weighted by atomic mass is 19.4. The minimum atomic E-state index is -4.68. The molecule has 0 heterocycles. The van der Waals surface area contributed by atoms with Crippen LogP contribution in [0.25, 0.3) is 11.1 Å². The Morgan fingerprint density at radius 2 is 0.889 bits per heavy atom. The summed E-state index contributed by atoms with van der Waals surface area (Å²) >= 11 is 0. The molecule has 4 aromatic rings. The van der Waals surface area contributed by atoms with Crippen LogP contribution in [0.5, 0.6) is 0 Å². The Morgan fingerprint density at radius 1 is 0.500 bits per heavy atom. The van der Waals surface area contributed by atoms with Crippen LogP contribution in [0.15, 0.2) is 91.0 Å². The zero-order chi connectivity index (χ0) is 26.3. The van der Waals surface area contributed by atoms with E-state index >= 15 is 0 Å². The smallest absolute Gasteiger partial charge is 0.398 e. The van der Waals surface area contributed by atoms with E-state index in [9.17, 15) is 26.3 Å². The predicted octanol–water partition coefficient (Wildman–Crippen LogP) is 7.91. The number of benzene rings is 4. The van der Waals surface area contributed by atoms with Gasteiger partial charge in [0.1, 0.15) is 0 Å². The second-order valence-electron chi connectivity index (χ2n) is 8.67. The number of halogens is 6. The van der Waals surface area contributed by atoms with Gasteiger partial charge in [-0.15, -0.1) is 0 Å². The summed E-state index contributed by atoms with van der Waals surface area (Å²) in [6.45, 7) is 1.53. The van der Waals surface area contributed by atoms with Crippen LogP contribution in [0.3, 0.4) is 0 Å². The molecule has 0 bridgehead atoms. The Kier molecular flexibility index (Phi) is 6.24. The Balaban J connectivity index is 2.00. The van der Waals surface area contributed by atoms with Crippen LogP contribution in [0.1, 0.15) is 34.7 Å². The van der Waals surface area contributed by atoms with Crippen LogP contribution >= 0.6 is 0 Å². The molecule has 0 atom stereocenters. The highest BCUT2D eigenvalue weighted by molar-refractivity contribution is 5.69. The van der Waals surface area contributed by atoms with Gasteiger partial charge in [0.15, 0.2) is 0 Å². The van der Waals surface area contributed by atoms with E-state index in [1.807, 2.05) is 30.3 Å². The molecule has 0 aliphatic carbocycles. The van der Waals surface area contributed by atoms with Crippen molar-refractivity contribution in [2.75, 3.05) is 11.5 Å². The standard InChI is InChI=1S/C28H22F6N2/c1-26(22-15-20(27(29,30)31)11-13-24(22)35,23-16-21(28(32,33)34)12-14-25(23)36)19-9-7-18(8-10-19)17-5-3-2-4-6-17/h2-16H,35-36H2,1H3. The van der Waals surface area contributed by atoms with Crippen LogP contribution in [0.2, 0.25) is 0 Å². The Hall–Kier alpha value is -3.94. The normalized spacial score (nSPS) is 12.5. The molecule has 0 unspecified atom stereocenters. The van der Waals surface area contributed by atoms with E-state index in [1.165, 1.54) is 6.92 Å². The quantitative estimate of drug-likeness (QED) is 0.170. The Bertz CT molecular complexity index is 1310. The van der Waals surface area contributed by atoms with E-state index in [0.29, 0.717) is 5.56 Å². The number of nitrogens with two attached hydrogens (primary N) is 2. The average Bonchev–Trinajstić information content (AvgIpc) is 2.83. The molecule has 4 N–H and O–H groups in total. The lowest BCUT2D eigenvalue weighted by atomic mass is 9.69. The molecular weight excluding hydrogens is 478 g/mol. The van der Waals surface area contributed by atoms with Crippen molar-refractivity contribution >= 4 is 11.4 Å². The second-order valence-corrected chi connectivity index (χ2v) is 8.67. The fourth-order valence-corrected chi connectivity index (χ4v) is 4.41. The summed E-state index contributed by atoms with van der Waals surface area (Å²) in [5.41, 5.74) is 11.0. The molecule has 0 saturated heterocycles. The topological polar surface area (TPSA) is 52.0 Å². The lowest BCUT2D eigenvalue weighted by Gasteiger charge is -2.35. The molecule has 4 rings (SSSR count). The molecule has 36 heavy (non-hydrogen) atoms. The number of alkyl halides is 6. The summed E-state index contributed by atoms with van der Waals surface area (Å²) in [6.07, 6.45) is -9.36. The van der Waals surface area contributed by atoms with Crippen LogP contribution in [0, 0.1) is 0 Å². The molecule has 2 nitrogen and oxygen atoms in total. The number of hydrogen-bond donors (Lipinski definition) is 2. The van der Waals surface area contributed by atoms with Crippen molar-refractivity contribution in [2.24, 2.45) is 0 Å². The van der Waals surface area contributed by atoms with Gasteiger partial charge in [-0.2, -0.15) is 26.3 Å². The zero-order valence-electron chi connectivity index (χ0n) is 19.1. The largest absolute Gasteiger partial charge is 0.416 e. The highest BCUT2D eigenvalue weighted by Gasteiger charge is 2.40. The maximum absolute atomic E-state index is 13.6. The minimum absolute atomic E-state index is 0.00388. The number of rotatable bonds is 4. The third-order valence-corrected chi connectivity index (χ3v) is 6.41. The molecule has 0 aliphatic rings. The van der Waals surface area contributed by atoms with Crippen molar-refractivity contribution in [3.63, 3.8) is 0 Å². The van der Waals surface area contributed by atoms with Gasteiger partial charge in [0, 0.05) is 16.8 Å². The lowest BCUT2D eigenvalue weighted by molar-refractivity contribution is -0.138. The summed E-state index contributed by atoms with van der Waals surface area (Å²) < 4.78 is 81.7. The molecule has 0 saturated carbocycles. The van der Waals surface area contributed by atoms with Gasteiger partial charge >= 0.3 is 12.4 Å². The predicted molar refractivity (Wildman–Crippen MR) is 129 cm³/mol. The average molecular weight is 500 g/mol. The molecule has 0 aromatic heterocycles. The van der Waals surface area contributed by atoms with Gasteiger partial charge < -0.3 is 11.5 Å². The van der Waals surface area contributed by atoms with Gasteiger partial charge in [-0.05, 0) is 71.1 Å². The van der Waals surface area contributed by atoms with Gasteiger partial charge in [0.2, 0.25) is 0 Å². The van der Waals surface area contributed by atoms with Crippen LogP contribution in [0.4, 0.5) is 37.7 Å². The summed E-state index contributed by atoms with van der Waals surface area (Å²) in [4.78, 5) is 0. The van der Waals surface area contributed by atoms with E-state index < -0.39 is 28.9 Å². The fraction of sp³-hybridized carbons (Fsp3) is 0.143. The van der Waals surface area contributed by atoms with Crippen molar-refractivity contribution < 1.29 is 26.3 Å². The van der Waals surface area contributed by atoms with E-state index in [2.05, 4.69) is 0 Å². The first-order chi connectivity index (χ1) is 16.8. The van der Waals surface area contributed by atoms with E-state index in [4.69, 9.17) is 11.5 Å². The van der Waals surface area contributed by atoms with Crippen molar-refractivity contribution in [1.29, 1.82) is 0 Å². The number of hydrogen-bond acceptors (Lipinski definition) is 2. The van der Waals surface area contributed by atoms with Gasteiger partial charge in [0.25, 0.3) is 0 Å². The van der Waals surface area contributed by atoms with Gasteiger partial charge in [-0.1, -0.05) is 54.6 Å². The number of anilines is 2. The SMILES string of the molecule is CC(c1ccc(-c2ccccc2)cc1)(c1cc(C(F)(F)F)ccc1N)c1cc(C(F)(F)F)ccc1N. The van der Waals surface area contributed by atoms with Gasteiger partial charge in [0.05, 0.1) is 11.1 Å². The summed E-state index contributed by atoms with van der Waals surface area (Å²) in [5, 5.41) is 0. The monoisotopic (exact) mass is 500 g/mol. The molecule has 0 amide bonds. The molecule has 0 spiro atoms. The van der Waals surface area contributed by atoms with E-state index in [-0.39, 0.29) is 22.5 Å². The number of nitrogen functional groups attached to an aromatic ring is 2. The third kappa shape index (κ3) is 4.63. The summed E-state index contributed by atoms with van der Waals surface area (Å²) in [5.74, 6) is 0. The Morgan fingerprint density at radius 3 is 1.31 bits per heavy atom. The maximum Gasteiger partial charge on any atom is 0.416 e. The third-order valence-electron chi connectivity index (χ3n) is 6.41. The second kappa shape index (κ2) is 8.93. The van der Waals surface area contributed by atoms with Crippen molar-refractivity contribution in [2.45, 2.75) is 24.7 Å². The van der Waals surface area contributed by atoms with Gasteiger partial charge in [-0.3, -0.25) is 0 Å². The van der Waals surface area contributed by atoms with E-state index in [0.717, 1.165) is 47.5 Å².